The van der Waals surface area contributed by atoms with E-state index >= 15 is 0 Å². The molecule has 0 heterocycles. The van der Waals surface area contributed by atoms with Crippen molar-refractivity contribution in [3.05, 3.63) is 29.8 Å². The molecule has 0 amide bonds. The minimum Gasteiger partial charge on any atom is -0.493 e. The molecule has 0 aliphatic heterocycles. The van der Waals surface area contributed by atoms with E-state index in [1.165, 1.54) is 0 Å². The molecule has 1 aromatic carbocycles. The molecule has 3 heteroatoms. The lowest BCUT2D eigenvalue weighted by atomic mass is 10.2. The molecule has 1 aromatic rings. The number of rotatable bonds is 6. The lowest BCUT2D eigenvalue weighted by molar-refractivity contribution is 0.139. The van der Waals surface area contributed by atoms with Gasteiger partial charge in [-0.15, -0.1) is 0 Å². The van der Waals surface area contributed by atoms with Gasteiger partial charge < -0.3 is 15.2 Å². The van der Waals surface area contributed by atoms with Gasteiger partial charge in [0, 0.05) is 13.0 Å². The van der Waals surface area contributed by atoms with Gasteiger partial charge in [0.1, 0.15) is 5.75 Å². The van der Waals surface area contributed by atoms with Crippen LogP contribution in [0.3, 0.4) is 0 Å². The summed E-state index contributed by atoms with van der Waals surface area (Å²) in [6, 6.07) is 7.89. The van der Waals surface area contributed by atoms with Gasteiger partial charge in [-0.3, -0.25) is 0 Å². The van der Waals surface area contributed by atoms with E-state index in [4.69, 9.17) is 4.74 Å². The molecule has 3 nitrogen and oxygen atoms in total. The number of aliphatic hydroxyl groups is 1. The largest absolute Gasteiger partial charge is 0.493 e. The highest BCUT2D eigenvalue weighted by Gasteiger charge is 2.03. The predicted octanol–water partition coefficient (Wildman–Crippen LogP) is 1.34. The smallest absolute Gasteiger partial charge is 0.122 e. The summed E-state index contributed by atoms with van der Waals surface area (Å²) in [7, 11) is 1.82. The fourth-order valence-electron chi connectivity index (χ4n) is 1.36. The van der Waals surface area contributed by atoms with Crippen molar-refractivity contribution in [3.63, 3.8) is 0 Å². The third kappa shape index (κ3) is 4.32. The molecule has 1 rings (SSSR count). The van der Waals surface area contributed by atoms with Crippen LogP contribution in [0, 0.1) is 6.92 Å². The topological polar surface area (TPSA) is 41.5 Å². The van der Waals surface area contributed by atoms with Crippen LogP contribution in [0.1, 0.15) is 12.0 Å². The SMILES string of the molecule is CNCC(O)CCOc1ccccc1C. The van der Waals surface area contributed by atoms with Crippen LogP contribution in [0.25, 0.3) is 0 Å². The Bertz CT molecular complexity index is 289. The van der Waals surface area contributed by atoms with Crippen LogP contribution in [0.4, 0.5) is 0 Å². The summed E-state index contributed by atoms with van der Waals surface area (Å²) in [5.41, 5.74) is 1.13. The second kappa shape index (κ2) is 6.43. The molecule has 0 radical (unpaired) electrons. The first-order valence-electron chi connectivity index (χ1n) is 5.25. The number of benzene rings is 1. The van der Waals surface area contributed by atoms with E-state index in [2.05, 4.69) is 5.32 Å². The standard InChI is InChI=1S/C12H19NO2/c1-10-5-3-4-6-12(10)15-8-7-11(14)9-13-2/h3-6,11,13-14H,7-9H2,1-2H3. The second-order valence-electron chi connectivity index (χ2n) is 3.61. The predicted molar refractivity (Wildman–Crippen MR) is 61.2 cm³/mol. The maximum absolute atomic E-state index is 9.45. The van der Waals surface area contributed by atoms with Gasteiger partial charge >= 0.3 is 0 Å². The minimum atomic E-state index is -0.334. The van der Waals surface area contributed by atoms with E-state index in [1.54, 1.807) is 0 Å². The number of aryl methyl sites for hydroxylation is 1. The van der Waals surface area contributed by atoms with Gasteiger partial charge in [-0.1, -0.05) is 18.2 Å². The summed E-state index contributed by atoms with van der Waals surface area (Å²) < 4.78 is 5.57. The van der Waals surface area contributed by atoms with Crippen molar-refractivity contribution in [1.82, 2.24) is 5.32 Å². The van der Waals surface area contributed by atoms with Crippen molar-refractivity contribution in [2.75, 3.05) is 20.2 Å². The van der Waals surface area contributed by atoms with Crippen molar-refractivity contribution in [2.24, 2.45) is 0 Å². The van der Waals surface area contributed by atoms with Crippen LogP contribution >= 0.6 is 0 Å². The van der Waals surface area contributed by atoms with E-state index in [0.717, 1.165) is 11.3 Å². The summed E-state index contributed by atoms with van der Waals surface area (Å²) in [5.74, 6) is 0.897. The first kappa shape index (κ1) is 12.0. The van der Waals surface area contributed by atoms with Crippen LogP contribution < -0.4 is 10.1 Å². The lowest BCUT2D eigenvalue weighted by Gasteiger charge is -2.12. The van der Waals surface area contributed by atoms with Crippen molar-refractivity contribution < 1.29 is 9.84 Å². The van der Waals surface area contributed by atoms with Gasteiger partial charge in [-0.2, -0.15) is 0 Å². The molecule has 0 aliphatic carbocycles. The molecule has 0 aromatic heterocycles. The average molecular weight is 209 g/mol. The van der Waals surface area contributed by atoms with Gasteiger partial charge in [0.2, 0.25) is 0 Å². The second-order valence-corrected chi connectivity index (χ2v) is 3.61. The van der Waals surface area contributed by atoms with Crippen LogP contribution in [-0.4, -0.2) is 31.4 Å². The summed E-state index contributed by atoms with van der Waals surface area (Å²) in [6.45, 7) is 3.17. The van der Waals surface area contributed by atoms with Crippen LogP contribution in [0.2, 0.25) is 0 Å². The first-order valence-corrected chi connectivity index (χ1v) is 5.25. The van der Waals surface area contributed by atoms with E-state index < -0.39 is 0 Å². The molecular formula is C12H19NO2. The van der Waals surface area contributed by atoms with E-state index in [9.17, 15) is 5.11 Å². The fraction of sp³-hybridized carbons (Fsp3) is 0.500. The van der Waals surface area contributed by atoms with Crippen molar-refractivity contribution in [3.8, 4) is 5.75 Å². The van der Waals surface area contributed by atoms with Gasteiger partial charge in [0.25, 0.3) is 0 Å². The monoisotopic (exact) mass is 209 g/mol. The number of aliphatic hydroxyl groups excluding tert-OH is 1. The van der Waals surface area contributed by atoms with Crippen LogP contribution in [0.15, 0.2) is 24.3 Å². The lowest BCUT2D eigenvalue weighted by Crippen LogP contribution is -2.25. The molecule has 0 saturated heterocycles. The molecule has 15 heavy (non-hydrogen) atoms. The highest BCUT2D eigenvalue weighted by atomic mass is 16.5. The quantitative estimate of drug-likeness (QED) is 0.743. The number of ether oxygens (including phenoxy) is 1. The van der Waals surface area contributed by atoms with Crippen molar-refractivity contribution in [1.29, 1.82) is 0 Å². The average Bonchev–Trinajstić information content (AvgIpc) is 2.21. The third-order valence-corrected chi connectivity index (χ3v) is 2.24. The minimum absolute atomic E-state index is 0.334. The number of hydrogen-bond acceptors (Lipinski definition) is 3. The molecule has 0 spiro atoms. The Balaban J connectivity index is 2.29. The molecule has 0 bridgehead atoms. The summed E-state index contributed by atoms with van der Waals surface area (Å²) in [4.78, 5) is 0. The highest BCUT2D eigenvalue weighted by Crippen LogP contribution is 2.16. The fourth-order valence-corrected chi connectivity index (χ4v) is 1.36. The molecule has 0 fully saturated rings. The molecular weight excluding hydrogens is 190 g/mol. The molecule has 84 valence electrons. The number of para-hydroxylation sites is 1. The summed E-state index contributed by atoms with van der Waals surface area (Å²) in [5, 5.41) is 12.4. The Morgan fingerprint density at radius 3 is 2.80 bits per heavy atom. The molecule has 0 saturated carbocycles. The van der Waals surface area contributed by atoms with Crippen LogP contribution in [-0.2, 0) is 0 Å². The zero-order chi connectivity index (χ0) is 11.1. The Labute approximate surface area is 91.1 Å². The number of nitrogens with one attached hydrogen (secondary N) is 1. The summed E-state index contributed by atoms with van der Waals surface area (Å²) in [6.07, 6.45) is 0.314. The van der Waals surface area contributed by atoms with Crippen molar-refractivity contribution >= 4 is 0 Å². The van der Waals surface area contributed by atoms with Gasteiger partial charge in [0.05, 0.1) is 12.7 Å². The Morgan fingerprint density at radius 2 is 2.13 bits per heavy atom. The first-order chi connectivity index (χ1) is 7.24. The van der Waals surface area contributed by atoms with Gasteiger partial charge in [-0.25, -0.2) is 0 Å². The maximum Gasteiger partial charge on any atom is 0.122 e. The van der Waals surface area contributed by atoms with Gasteiger partial charge in [-0.05, 0) is 25.6 Å². The Kier molecular flexibility index (Phi) is 5.15. The maximum atomic E-state index is 9.45. The van der Waals surface area contributed by atoms with E-state index in [-0.39, 0.29) is 6.10 Å². The van der Waals surface area contributed by atoms with Crippen molar-refractivity contribution in [2.45, 2.75) is 19.4 Å². The summed E-state index contributed by atoms with van der Waals surface area (Å²) >= 11 is 0. The molecule has 1 atom stereocenters. The molecule has 1 unspecified atom stereocenters. The van der Waals surface area contributed by atoms with E-state index in [1.807, 2.05) is 38.2 Å². The Morgan fingerprint density at radius 1 is 1.40 bits per heavy atom. The molecule has 2 N–H and O–H groups in total. The number of likely N-dealkylation sites (N-methyl/N-ethyl adjacent to an activating group) is 1. The van der Waals surface area contributed by atoms with Gasteiger partial charge in [0.15, 0.2) is 0 Å². The van der Waals surface area contributed by atoms with Crippen LogP contribution in [0.5, 0.6) is 5.75 Å². The number of hydrogen-bond donors (Lipinski definition) is 2. The Hall–Kier alpha value is -1.06. The molecule has 0 aliphatic rings. The third-order valence-electron chi connectivity index (χ3n) is 2.24. The van der Waals surface area contributed by atoms with E-state index in [0.29, 0.717) is 19.6 Å². The normalized spacial score (nSPS) is 12.5. The zero-order valence-electron chi connectivity index (χ0n) is 9.36. The zero-order valence-corrected chi connectivity index (χ0v) is 9.36. The highest BCUT2D eigenvalue weighted by molar-refractivity contribution is 5.31.